The Bertz CT molecular complexity index is 1350. The van der Waals surface area contributed by atoms with Crippen LogP contribution < -0.4 is 14.4 Å². The number of hydrogen-bond donors (Lipinski definition) is 1. The highest BCUT2D eigenvalue weighted by atomic mass is 35.5. The highest BCUT2D eigenvalue weighted by molar-refractivity contribution is 7.92. The van der Waals surface area contributed by atoms with Crippen molar-refractivity contribution in [3.63, 3.8) is 0 Å². The third-order valence-corrected chi connectivity index (χ3v) is 8.38. The lowest BCUT2D eigenvalue weighted by molar-refractivity contribution is -0.139. The molecule has 202 valence electrons. The minimum Gasteiger partial charge on any atom is -0.497 e. The van der Waals surface area contributed by atoms with Crippen molar-refractivity contribution in [2.75, 3.05) is 24.5 Å². The number of para-hydroxylation sites is 1. The molecule has 0 spiro atoms. The third-order valence-electron chi connectivity index (χ3n) is 5.88. The van der Waals surface area contributed by atoms with Crippen LogP contribution in [-0.4, -0.2) is 51.4 Å². The summed E-state index contributed by atoms with van der Waals surface area (Å²) >= 11 is 12.7. The van der Waals surface area contributed by atoms with Crippen molar-refractivity contribution in [3.05, 3.63) is 88.4 Å². The normalized spacial score (nSPS) is 11.9. The number of hydrogen-bond acceptors (Lipinski definition) is 5. The first-order valence-electron chi connectivity index (χ1n) is 11.8. The van der Waals surface area contributed by atoms with E-state index in [1.807, 2.05) is 0 Å². The number of likely N-dealkylation sites (N-methyl/N-ethyl adjacent to an activating group) is 1. The van der Waals surface area contributed by atoms with Crippen LogP contribution >= 0.6 is 23.2 Å². The maximum Gasteiger partial charge on any atom is 0.264 e. The van der Waals surface area contributed by atoms with Gasteiger partial charge >= 0.3 is 0 Å². The molecular weight excluding hydrogens is 549 g/mol. The number of carbonyl (C=O) groups excluding carboxylic acids is 2. The molecule has 1 atom stereocenters. The molecule has 0 fully saturated rings. The van der Waals surface area contributed by atoms with Crippen LogP contribution in [-0.2, 0) is 26.2 Å². The standard InChI is InChI=1S/C27H29Cl2N3O5S/c1-4-30-27(34)19(2)31(17-23-24(28)11-8-12-25(23)29)26(33)18-32(20-9-6-5-7-10-20)38(35,36)22-15-13-21(37-3)14-16-22/h5-16,19H,4,17-18H2,1-3H3,(H,30,34)/t19-/m0/s1. The average molecular weight is 579 g/mol. The molecule has 0 aliphatic rings. The van der Waals surface area contributed by atoms with Gasteiger partial charge in [-0.2, -0.15) is 0 Å². The van der Waals surface area contributed by atoms with Crippen LogP contribution in [0.2, 0.25) is 10.0 Å². The average Bonchev–Trinajstić information content (AvgIpc) is 2.91. The summed E-state index contributed by atoms with van der Waals surface area (Å²) in [5.74, 6) is -0.515. The molecule has 0 heterocycles. The molecule has 8 nitrogen and oxygen atoms in total. The van der Waals surface area contributed by atoms with Crippen molar-refractivity contribution in [1.82, 2.24) is 10.2 Å². The van der Waals surface area contributed by atoms with Crippen LogP contribution in [0.5, 0.6) is 5.75 Å². The van der Waals surface area contributed by atoms with E-state index in [-0.39, 0.29) is 17.1 Å². The molecule has 0 aliphatic heterocycles. The van der Waals surface area contributed by atoms with Crippen LogP contribution in [0.3, 0.4) is 0 Å². The molecular formula is C27H29Cl2N3O5S. The van der Waals surface area contributed by atoms with Crippen molar-refractivity contribution in [1.29, 1.82) is 0 Å². The van der Waals surface area contributed by atoms with E-state index >= 15 is 0 Å². The molecule has 0 saturated heterocycles. The third kappa shape index (κ3) is 6.78. The fraction of sp³-hybridized carbons (Fsp3) is 0.259. The lowest BCUT2D eigenvalue weighted by atomic mass is 10.1. The van der Waals surface area contributed by atoms with E-state index in [1.54, 1.807) is 62.4 Å². The fourth-order valence-corrected chi connectivity index (χ4v) is 5.69. The van der Waals surface area contributed by atoms with Gasteiger partial charge < -0.3 is 15.0 Å². The van der Waals surface area contributed by atoms with Gasteiger partial charge in [0.25, 0.3) is 10.0 Å². The van der Waals surface area contributed by atoms with Crippen LogP contribution in [0, 0.1) is 0 Å². The first-order valence-corrected chi connectivity index (χ1v) is 14.0. The summed E-state index contributed by atoms with van der Waals surface area (Å²) in [6.45, 7) is 3.03. The predicted molar refractivity (Wildman–Crippen MR) is 149 cm³/mol. The maximum absolute atomic E-state index is 13.8. The number of sulfonamides is 1. The number of carbonyl (C=O) groups is 2. The number of rotatable bonds is 11. The van der Waals surface area contributed by atoms with Gasteiger partial charge in [0.1, 0.15) is 18.3 Å². The number of methoxy groups -OCH3 is 1. The van der Waals surface area contributed by atoms with Gasteiger partial charge in [-0.25, -0.2) is 8.42 Å². The highest BCUT2D eigenvalue weighted by Gasteiger charge is 2.33. The Morgan fingerprint density at radius 3 is 2.11 bits per heavy atom. The van der Waals surface area contributed by atoms with Gasteiger partial charge in [-0.1, -0.05) is 47.5 Å². The second-order valence-electron chi connectivity index (χ2n) is 8.32. The topological polar surface area (TPSA) is 96.0 Å². The molecule has 0 saturated carbocycles. The smallest absolute Gasteiger partial charge is 0.264 e. The molecule has 3 aromatic carbocycles. The molecule has 3 rings (SSSR count). The van der Waals surface area contributed by atoms with Crippen molar-refractivity contribution < 1.29 is 22.7 Å². The Balaban J connectivity index is 2.04. The van der Waals surface area contributed by atoms with Gasteiger partial charge in [-0.05, 0) is 62.4 Å². The van der Waals surface area contributed by atoms with Crippen molar-refractivity contribution in [3.8, 4) is 5.75 Å². The van der Waals surface area contributed by atoms with E-state index in [0.717, 1.165) is 4.31 Å². The molecule has 0 bridgehead atoms. The van der Waals surface area contributed by atoms with E-state index < -0.39 is 34.4 Å². The van der Waals surface area contributed by atoms with E-state index in [9.17, 15) is 18.0 Å². The molecule has 3 aromatic rings. The molecule has 1 N–H and O–H groups in total. The largest absolute Gasteiger partial charge is 0.497 e. The zero-order valence-electron chi connectivity index (χ0n) is 21.2. The van der Waals surface area contributed by atoms with E-state index in [4.69, 9.17) is 27.9 Å². The highest BCUT2D eigenvalue weighted by Crippen LogP contribution is 2.28. The van der Waals surface area contributed by atoms with Gasteiger partial charge in [0, 0.05) is 28.7 Å². The predicted octanol–water partition coefficient (Wildman–Crippen LogP) is 4.75. The number of halogens is 2. The quantitative estimate of drug-likeness (QED) is 0.354. The number of amides is 2. The van der Waals surface area contributed by atoms with Crippen LogP contribution in [0.1, 0.15) is 19.4 Å². The summed E-state index contributed by atoms with van der Waals surface area (Å²) in [6, 6.07) is 18.2. The second kappa shape index (κ2) is 13.0. The van der Waals surface area contributed by atoms with E-state index in [1.165, 1.54) is 36.3 Å². The molecule has 0 aliphatic carbocycles. The molecule has 0 radical (unpaired) electrons. The maximum atomic E-state index is 13.8. The molecule has 0 unspecified atom stereocenters. The minimum atomic E-state index is -4.18. The van der Waals surface area contributed by atoms with Crippen molar-refractivity contribution in [2.45, 2.75) is 31.3 Å². The van der Waals surface area contributed by atoms with E-state index in [2.05, 4.69) is 5.32 Å². The van der Waals surface area contributed by atoms with Gasteiger partial charge in [0.2, 0.25) is 11.8 Å². The Morgan fingerprint density at radius 1 is 0.947 bits per heavy atom. The molecule has 11 heteroatoms. The molecule has 38 heavy (non-hydrogen) atoms. The monoisotopic (exact) mass is 577 g/mol. The number of nitrogens with zero attached hydrogens (tertiary/aromatic N) is 2. The molecule has 0 aromatic heterocycles. The second-order valence-corrected chi connectivity index (χ2v) is 11.0. The number of anilines is 1. The van der Waals surface area contributed by atoms with Gasteiger partial charge in [0.15, 0.2) is 0 Å². The summed E-state index contributed by atoms with van der Waals surface area (Å²) in [4.78, 5) is 27.8. The lowest BCUT2D eigenvalue weighted by Crippen LogP contribution is -2.51. The van der Waals surface area contributed by atoms with Crippen LogP contribution in [0.25, 0.3) is 0 Å². The molecule has 2 amide bonds. The Morgan fingerprint density at radius 2 is 1.55 bits per heavy atom. The van der Waals surface area contributed by atoms with Crippen molar-refractivity contribution >= 4 is 50.7 Å². The summed E-state index contributed by atoms with van der Waals surface area (Å²) in [5, 5.41) is 3.35. The summed E-state index contributed by atoms with van der Waals surface area (Å²) < 4.78 is 33.7. The van der Waals surface area contributed by atoms with E-state index in [0.29, 0.717) is 27.9 Å². The van der Waals surface area contributed by atoms with Crippen molar-refractivity contribution in [2.24, 2.45) is 0 Å². The fourth-order valence-electron chi connectivity index (χ4n) is 3.76. The number of benzene rings is 3. The first-order chi connectivity index (χ1) is 18.1. The lowest BCUT2D eigenvalue weighted by Gasteiger charge is -2.32. The number of ether oxygens (including phenoxy) is 1. The zero-order valence-corrected chi connectivity index (χ0v) is 23.6. The first kappa shape index (κ1) is 29.3. The summed E-state index contributed by atoms with van der Waals surface area (Å²) in [7, 11) is -2.70. The van der Waals surface area contributed by atoms with Crippen LogP contribution in [0.15, 0.2) is 77.7 Å². The summed E-state index contributed by atoms with van der Waals surface area (Å²) in [6.07, 6.45) is 0. The van der Waals surface area contributed by atoms with Gasteiger partial charge in [-0.15, -0.1) is 0 Å². The minimum absolute atomic E-state index is 0.0209. The Labute approximate surface area is 233 Å². The van der Waals surface area contributed by atoms with Gasteiger partial charge in [0.05, 0.1) is 17.7 Å². The van der Waals surface area contributed by atoms with Gasteiger partial charge in [-0.3, -0.25) is 13.9 Å². The summed E-state index contributed by atoms with van der Waals surface area (Å²) in [5.41, 5.74) is 0.739. The SMILES string of the molecule is CCNC(=O)[C@H](C)N(Cc1c(Cl)cccc1Cl)C(=O)CN(c1ccccc1)S(=O)(=O)c1ccc(OC)cc1. The zero-order chi connectivity index (χ0) is 27.9. The Hall–Kier alpha value is -3.27. The Kier molecular flexibility index (Phi) is 10.0. The van der Waals surface area contributed by atoms with Crippen LogP contribution in [0.4, 0.5) is 5.69 Å². The number of nitrogens with one attached hydrogen (secondary N) is 1.